The minimum Gasteiger partial charge on any atom is -0.477 e. The van der Waals surface area contributed by atoms with Gasteiger partial charge in [0, 0.05) is 13.0 Å². The fraction of sp³-hybridized carbons (Fsp3) is 0.708. The summed E-state index contributed by atoms with van der Waals surface area (Å²) in [5.74, 6) is -8.50. The first kappa shape index (κ1) is 30.8. The van der Waals surface area contributed by atoms with E-state index < -0.39 is 98.7 Å². The zero-order valence-electron chi connectivity index (χ0n) is 21.3. The summed E-state index contributed by atoms with van der Waals surface area (Å²) in [5, 5.41) is 81.4. The van der Waals surface area contributed by atoms with Crippen LogP contribution in [0.3, 0.4) is 0 Å². The number of hydrogen-bond donors (Lipinski definition) is 9. The third-order valence-corrected chi connectivity index (χ3v) is 7.43. The predicted octanol–water partition coefficient (Wildman–Crippen LogP) is -3.60. The molecule has 1 saturated carbocycles. The Morgan fingerprint density at radius 1 is 1.10 bits per heavy atom. The zero-order chi connectivity index (χ0) is 29.2. The Morgan fingerprint density at radius 3 is 2.38 bits per heavy atom. The molecule has 0 radical (unpaired) electrons. The second-order valence-electron chi connectivity index (χ2n) is 9.78. The predicted molar refractivity (Wildman–Crippen MR) is 127 cm³/mol. The standard InChI is InChI=1S/C24H35NO15/c25-9-35-13-3-1-2-4-14(13)36-10-37-23(22(32)33)7-11(28)20(15(39-23)5-6-26)38-21-17-19(31)18(30)16(12(29)8-27)24(17,34)40-21/h1-4,11-12,15-21,26-31,34H,5-10,25H2,(H,32,33). The van der Waals surface area contributed by atoms with Crippen molar-refractivity contribution in [3.05, 3.63) is 24.3 Å². The SMILES string of the molecule is NCOc1ccccc1OCOC1(C(=O)O)CC(O)C(OC2OC3(O)C(C(O)CO)C(O)C(O)C23)C(CCO)O1. The van der Waals surface area contributed by atoms with Crippen molar-refractivity contribution in [2.75, 3.05) is 26.7 Å². The Bertz CT molecular complexity index is 1020. The molecule has 11 unspecified atom stereocenters. The smallest absolute Gasteiger partial charge is 0.364 e. The second-order valence-corrected chi connectivity index (χ2v) is 9.78. The fourth-order valence-corrected chi connectivity index (χ4v) is 5.51. The monoisotopic (exact) mass is 577 g/mol. The number of aliphatic hydroxyl groups is 7. The molecule has 16 nitrogen and oxygen atoms in total. The topological polar surface area (TPSA) is 260 Å². The number of hydrogen-bond acceptors (Lipinski definition) is 15. The Kier molecular flexibility index (Phi) is 9.50. The molecule has 10 N–H and O–H groups in total. The molecular formula is C24H35NO15. The number of aliphatic hydroxyl groups excluding tert-OH is 6. The van der Waals surface area contributed by atoms with Crippen molar-refractivity contribution in [1.29, 1.82) is 0 Å². The van der Waals surface area contributed by atoms with E-state index >= 15 is 0 Å². The normalized spacial score (nSPS) is 39.7. The number of ether oxygens (including phenoxy) is 6. The van der Waals surface area contributed by atoms with E-state index in [1.165, 1.54) is 6.07 Å². The van der Waals surface area contributed by atoms with E-state index in [0.717, 1.165) is 0 Å². The highest BCUT2D eigenvalue weighted by molar-refractivity contribution is 5.76. The van der Waals surface area contributed by atoms with Crippen molar-refractivity contribution in [2.45, 2.75) is 67.3 Å². The molecule has 0 spiro atoms. The van der Waals surface area contributed by atoms with Crippen molar-refractivity contribution < 1.29 is 74.1 Å². The highest BCUT2D eigenvalue weighted by atomic mass is 16.8. The average Bonchev–Trinajstić information content (AvgIpc) is 3.05. The third-order valence-electron chi connectivity index (χ3n) is 7.43. The molecule has 3 aliphatic rings. The lowest BCUT2D eigenvalue weighted by Gasteiger charge is -2.53. The van der Waals surface area contributed by atoms with Crippen molar-refractivity contribution >= 4 is 5.97 Å². The van der Waals surface area contributed by atoms with Gasteiger partial charge in [0.1, 0.15) is 12.8 Å². The minimum absolute atomic E-state index is 0.137. The van der Waals surface area contributed by atoms with Crippen LogP contribution in [0.5, 0.6) is 11.5 Å². The molecule has 0 aromatic heterocycles. The second kappa shape index (κ2) is 12.4. The maximum Gasteiger partial charge on any atom is 0.364 e. The summed E-state index contributed by atoms with van der Waals surface area (Å²) in [6.45, 7) is -2.10. The minimum atomic E-state index is -2.41. The Labute approximate surface area is 228 Å². The highest BCUT2D eigenvalue weighted by Gasteiger charge is 2.73. The van der Waals surface area contributed by atoms with Gasteiger partial charge in [0.2, 0.25) is 0 Å². The first-order valence-corrected chi connectivity index (χ1v) is 12.6. The molecule has 4 rings (SSSR count). The Hall–Kier alpha value is -2.19. The van der Waals surface area contributed by atoms with E-state index in [2.05, 4.69) is 0 Å². The number of aliphatic carboxylic acids is 1. The van der Waals surface area contributed by atoms with Gasteiger partial charge < -0.3 is 69.3 Å². The maximum atomic E-state index is 12.3. The van der Waals surface area contributed by atoms with Crippen LogP contribution in [0.15, 0.2) is 24.3 Å². The van der Waals surface area contributed by atoms with Crippen molar-refractivity contribution in [3.63, 3.8) is 0 Å². The molecule has 40 heavy (non-hydrogen) atoms. The molecule has 2 heterocycles. The molecular weight excluding hydrogens is 542 g/mol. The molecule has 11 atom stereocenters. The average molecular weight is 578 g/mol. The summed E-state index contributed by atoms with van der Waals surface area (Å²) in [6, 6.07) is 6.42. The summed E-state index contributed by atoms with van der Waals surface area (Å²) in [6.07, 6.45) is -11.4. The van der Waals surface area contributed by atoms with Gasteiger partial charge in [0.05, 0.1) is 49.0 Å². The van der Waals surface area contributed by atoms with Crippen LogP contribution in [0.2, 0.25) is 0 Å². The van der Waals surface area contributed by atoms with E-state index in [-0.39, 0.29) is 24.7 Å². The number of para-hydroxylation sites is 2. The lowest BCUT2D eigenvalue weighted by atomic mass is 9.85. The number of carboxylic acid groups (broad SMARTS) is 1. The molecule has 3 fully saturated rings. The molecule has 2 saturated heterocycles. The Morgan fingerprint density at radius 2 is 1.77 bits per heavy atom. The van der Waals surface area contributed by atoms with E-state index in [9.17, 15) is 45.6 Å². The van der Waals surface area contributed by atoms with Crippen LogP contribution in [0.4, 0.5) is 0 Å². The molecule has 1 aliphatic carbocycles. The lowest BCUT2D eigenvalue weighted by Crippen LogP contribution is -2.68. The maximum absolute atomic E-state index is 12.3. The van der Waals surface area contributed by atoms with Crippen LogP contribution in [0.1, 0.15) is 12.8 Å². The summed E-state index contributed by atoms with van der Waals surface area (Å²) in [7, 11) is 0. The van der Waals surface area contributed by atoms with Gasteiger partial charge in [-0.15, -0.1) is 0 Å². The summed E-state index contributed by atoms with van der Waals surface area (Å²) >= 11 is 0. The Balaban J connectivity index is 1.46. The number of carbonyl (C=O) groups is 1. The molecule has 0 bridgehead atoms. The molecule has 1 aromatic rings. The lowest BCUT2D eigenvalue weighted by molar-refractivity contribution is -0.458. The quantitative estimate of drug-likeness (QED) is 0.103. The number of fused-ring (bicyclic) bond motifs is 1. The summed E-state index contributed by atoms with van der Waals surface area (Å²) < 4.78 is 33.0. The summed E-state index contributed by atoms with van der Waals surface area (Å²) in [5.41, 5.74) is 5.40. The van der Waals surface area contributed by atoms with Crippen molar-refractivity contribution in [2.24, 2.45) is 17.6 Å². The van der Waals surface area contributed by atoms with Crippen LogP contribution in [0.25, 0.3) is 0 Å². The van der Waals surface area contributed by atoms with E-state index in [4.69, 9.17) is 34.2 Å². The van der Waals surface area contributed by atoms with Gasteiger partial charge in [-0.05, 0) is 18.6 Å². The van der Waals surface area contributed by atoms with Crippen molar-refractivity contribution in [1.82, 2.24) is 0 Å². The van der Waals surface area contributed by atoms with Crippen LogP contribution in [0, 0.1) is 11.8 Å². The number of benzene rings is 1. The van der Waals surface area contributed by atoms with Gasteiger partial charge >= 0.3 is 5.97 Å². The molecule has 226 valence electrons. The summed E-state index contributed by atoms with van der Waals surface area (Å²) in [4.78, 5) is 12.3. The molecule has 2 aliphatic heterocycles. The third kappa shape index (κ3) is 5.50. The van der Waals surface area contributed by atoms with Gasteiger partial charge in [-0.3, -0.25) is 5.73 Å². The van der Waals surface area contributed by atoms with Crippen LogP contribution < -0.4 is 15.2 Å². The van der Waals surface area contributed by atoms with Crippen LogP contribution in [-0.4, -0.2) is 128 Å². The van der Waals surface area contributed by atoms with Crippen LogP contribution in [-0.2, 0) is 23.7 Å². The molecule has 16 heteroatoms. The van der Waals surface area contributed by atoms with Gasteiger partial charge in [0.15, 0.2) is 30.4 Å². The number of carboxylic acids is 1. The largest absolute Gasteiger partial charge is 0.477 e. The van der Waals surface area contributed by atoms with Gasteiger partial charge in [-0.2, -0.15) is 0 Å². The number of nitrogens with two attached hydrogens (primary N) is 1. The van der Waals surface area contributed by atoms with Crippen LogP contribution >= 0.6 is 0 Å². The van der Waals surface area contributed by atoms with Gasteiger partial charge in [0.25, 0.3) is 5.79 Å². The molecule has 0 amide bonds. The van der Waals surface area contributed by atoms with E-state index in [1.807, 2.05) is 0 Å². The van der Waals surface area contributed by atoms with E-state index in [0.29, 0.717) is 0 Å². The molecule has 1 aromatic carbocycles. The first-order chi connectivity index (χ1) is 19.0. The fourth-order valence-electron chi connectivity index (χ4n) is 5.51. The zero-order valence-corrected chi connectivity index (χ0v) is 21.3. The van der Waals surface area contributed by atoms with Crippen molar-refractivity contribution in [3.8, 4) is 11.5 Å². The number of rotatable bonds is 13. The first-order valence-electron chi connectivity index (χ1n) is 12.6. The van der Waals surface area contributed by atoms with Gasteiger partial charge in [-0.1, -0.05) is 12.1 Å². The van der Waals surface area contributed by atoms with Gasteiger partial charge in [-0.25, -0.2) is 4.79 Å². The van der Waals surface area contributed by atoms with E-state index in [1.54, 1.807) is 18.2 Å². The highest BCUT2D eigenvalue weighted by Crippen LogP contribution is 2.55.